The Morgan fingerprint density at radius 1 is 1.73 bits per heavy atom. The number of nitrogens with two attached hydrogens (primary N) is 1. The maximum Gasteiger partial charge on any atom is 0.101 e. The summed E-state index contributed by atoms with van der Waals surface area (Å²) in [5, 5.41) is 8.56. The zero-order valence-electron chi connectivity index (χ0n) is 6.33. The minimum absolute atomic E-state index is 0.423. The van der Waals surface area contributed by atoms with Gasteiger partial charge in [-0.3, -0.25) is 4.98 Å². The van der Waals surface area contributed by atoms with E-state index in [9.17, 15) is 0 Å². The quantitative estimate of drug-likeness (QED) is 0.636. The number of nitrogens with zero attached hydrogens (tertiary/aromatic N) is 2. The van der Waals surface area contributed by atoms with Crippen LogP contribution in [0.25, 0.3) is 0 Å². The van der Waals surface area contributed by atoms with E-state index in [1.165, 1.54) is 0 Å². The van der Waals surface area contributed by atoms with Gasteiger partial charge in [-0.2, -0.15) is 5.26 Å². The van der Waals surface area contributed by atoms with Crippen molar-refractivity contribution >= 4 is 0 Å². The second kappa shape index (κ2) is 3.13. The molecule has 1 rings (SSSR count). The van der Waals surface area contributed by atoms with Crippen LogP contribution in [0.3, 0.4) is 0 Å². The Morgan fingerprint density at radius 2 is 2.45 bits per heavy atom. The van der Waals surface area contributed by atoms with Gasteiger partial charge in [-0.25, -0.2) is 0 Å². The molecule has 0 aliphatic heterocycles. The number of rotatable bonds is 1. The lowest BCUT2D eigenvalue weighted by molar-refractivity contribution is 0.981. The molecule has 1 aromatic heterocycles. The monoisotopic (exact) mass is 147 g/mol. The van der Waals surface area contributed by atoms with Crippen LogP contribution in [0.2, 0.25) is 0 Å². The van der Waals surface area contributed by atoms with E-state index in [0.717, 1.165) is 11.3 Å². The van der Waals surface area contributed by atoms with Gasteiger partial charge in [0.15, 0.2) is 0 Å². The summed E-state index contributed by atoms with van der Waals surface area (Å²) in [5.74, 6) is 0. The fourth-order valence-electron chi connectivity index (χ4n) is 0.843. The topological polar surface area (TPSA) is 62.7 Å². The predicted molar refractivity (Wildman–Crippen MR) is 41.6 cm³/mol. The van der Waals surface area contributed by atoms with Crippen LogP contribution in [0, 0.1) is 18.3 Å². The maximum absolute atomic E-state index is 8.56. The summed E-state index contributed by atoms with van der Waals surface area (Å²) in [6.45, 7) is 2.30. The molecule has 0 spiro atoms. The Morgan fingerprint density at radius 3 is 2.91 bits per heavy atom. The van der Waals surface area contributed by atoms with Crippen molar-refractivity contribution < 1.29 is 0 Å². The van der Waals surface area contributed by atoms with Gasteiger partial charge in [-0.15, -0.1) is 0 Å². The predicted octanol–water partition coefficient (Wildman–Crippen LogP) is 0.720. The van der Waals surface area contributed by atoms with E-state index < -0.39 is 0 Å². The van der Waals surface area contributed by atoms with Crippen LogP contribution < -0.4 is 5.73 Å². The normalized spacial score (nSPS) is 9.18. The largest absolute Gasteiger partial charge is 0.325 e. The number of hydrogen-bond donors (Lipinski definition) is 1. The smallest absolute Gasteiger partial charge is 0.101 e. The van der Waals surface area contributed by atoms with Crippen molar-refractivity contribution in [3.05, 3.63) is 29.1 Å². The zero-order valence-corrected chi connectivity index (χ0v) is 6.33. The lowest BCUT2D eigenvalue weighted by Gasteiger charge is -1.98. The van der Waals surface area contributed by atoms with Gasteiger partial charge < -0.3 is 5.73 Å². The molecule has 0 aliphatic carbocycles. The van der Waals surface area contributed by atoms with Crippen LogP contribution in [0.4, 0.5) is 0 Å². The van der Waals surface area contributed by atoms with Crippen molar-refractivity contribution in [2.24, 2.45) is 5.73 Å². The second-order valence-electron chi connectivity index (χ2n) is 2.31. The number of aryl methyl sites for hydroxylation is 1. The van der Waals surface area contributed by atoms with Crippen molar-refractivity contribution in [2.45, 2.75) is 13.5 Å². The molecule has 0 unspecified atom stereocenters. The molecular formula is C8H9N3. The van der Waals surface area contributed by atoms with Gasteiger partial charge in [0.2, 0.25) is 0 Å². The number of pyridine rings is 1. The third-order valence-electron chi connectivity index (χ3n) is 1.50. The van der Waals surface area contributed by atoms with Crippen molar-refractivity contribution in [1.29, 1.82) is 5.26 Å². The first-order chi connectivity index (χ1) is 5.27. The standard InChI is InChI=1S/C8H9N3/c1-6-2-8(4-10)11-5-7(6)3-9/h2,5H,4,10H2,1H3. The molecule has 1 heterocycles. The molecule has 56 valence electrons. The van der Waals surface area contributed by atoms with Gasteiger partial charge in [0.25, 0.3) is 0 Å². The fraction of sp³-hybridized carbons (Fsp3) is 0.250. The maximum atomic E-state index is 8.56. The van der Waals surface area contributed by atoms with Crippen molar-refractivity contribution in [3.8, 4) is 6.07 Å². The lowest BCUT2D eigenvalue weighted by atomic mass is 10.1. The molecule has 0 amide bonds. The zero-order chi connectivity index (χ0) is 8.27. The molecule has 0 radical (unpaired) electrons. The Bertz CT molecular complexity index is 299. The highest BCUT2D eigenvalue weighted by atomic mass is 14.7. The Hall–Kier alpha value is -1.40. The Labute approximate surface area is 65.5 Å². The van der Waals surface area contributed by atoms with E-state index in [1.54, 1.807) is 6.20 Å². The van der Waals surface area contributed by atoms with Crippen LogP contribution in [-0.2, 0) is 6.54 Å². The molecule has 0 fully saturated rings. The summed E-state index contributed by atoms with van der Waals surface area (Å²) < 4.78 is 0. The second-order valence-corrected chi connectivity index (χ2v) is 2.31. The molecule has 0 aromatic carbocycles. The molecule has 2 N–H and O–H groups in total. The van der Waals surface area contributed by atoms with Gasteiger partial charge in [-0.1, -0.05) is 0 Å². The Balaban J connectivity index is 3.12. The third kappa shape index (κ3) is 1.54. The highest BCUT2D eigenvalue weighted by Crippen LogP contribution is 2.05. The molecule has 0 atom stereocenters. The summed E-state index contributed by atoms with van der Waals surface area (Å²) in [5.41, 5.74) is 7.73. The van der Waals surface area contributed by atoms with Gasteiger partial charge in [0.1, 0.15) is 6.07 Å². The molecule has 0 aliphatic rings. The first-order valence-electron chi connectivity index (χ1n) is 3.33. The van der Waals surface area contributed by atoms with Crippen molar-refractivity contribution in [3.63, 3.8) is 0 Å². The van der Waals surface area contributed by atoms with E-state index in [4.69, 9.17) is 11.0 Å². The fourth-order valence-corrected chi connectivity index (χ4v) is 0.843. The third-order valence-corrected chi connectivity index (χ3v) is 1.50. The summed E-state index contributed by atoms with van der Waals surface area (Å²) in [7, 11) is 0. The van der Waals surface area contributed by atoms with Gasteiger partial charge in [0, 0.05) is 12.7 Å². The Kier molecular flexibility index (Phi) is 2.19. The van der Waals surface area contributed by atoms with E-state index in [0.29, 0.717) is 12.1 Å². The van der Waals surface area contributed by atoms with E-state index in [1.807, 2.05) is 19.1 Å². The van der Waals surface area contributed by atoms with Crippen LogP contribution >= 0.6 is 0 Å². The van der Waals surface area contributed by atoms with Crippen LogP contribution in [0.5, 0.6) is 0 Å². The van der Waals surface area contributed by atoms with Gasteiger partial charge >= 0.3 is 0 Å². The molecule has 3 nitrogen and oxygen atoms in total. The SMILES string of the molecule is Cc1cc(CN)ncc1C#N. The van der Waals surface area contributed by atoms with Crippen molar-refractivity contribution in [2.75, 3.05) is 0 Å². The molecule has 0 saturated carbocycles. The van der Waals surface area contributed by atoms with E-state index in [-0.39, 0.29) is 0 Å². The molecule has 1 aromatic rings. The first-order valence-corrected chi connectivity index (χ1v) is 3.33. The van der Waals surface area contributed by atoms with E-state index >= 15 is 0 Å². The average molecular weight is 147 g/mol. The highest BCUT2D eigenvalue weighted by Gasteiger charge is 1.97. The number of hydrogen-bond acceptors (Lipinski definition) is 3. The summed E-state index contributed by atoms with van der Waals surface area (Å²) in [6.07, 6.45) is 1.55. The highest BCUT2D eigenvalue weighted by molar-refractivity contribution is 5.35. The summed E-state index contributed by atoms with van der Waals surface area (Å²) in [4.78, 5) is 3.98. The minimum Gasteiger partial charge on any atom is -0.325 e. The molecule has 3 heteroatoms. The van der Waals surface area contributed by atoms with Crippen LogP contribution in [0.15, 0.2) is 12.3 Å². The van der Waals surface area contributed by atoms with E-state index in [2.05, 4.69) is 4.98 Å². The first kappa shape index (κ1) is 7.70. The lowest BCUT2D eigenvalue weighted by Crippen LogP contribution is -2.00. The molecule has 0 saturated heterocycles. The van der Waals surface area contributed by atoms with Crippen LogP contribution in [-0.4, -0.2) is 4.98 Å². The number of nitriles is 1. The molecule has 0 bridgehead atoms. The average Bonchev–Trinajstić information content (AvgIpc) is 2.04. The van der Waals surface area contributed by atoms with Gasteiger partial charge in [0.05, 0.1) is 11.3 Å². The minimum atomic E-state index is 0.423. The number of aromatic nitrogens is 1. The van der Waals surface area contributed by atoms with Crippen LogP contribution in [0.1, 0.15) is 16.8 Å². The van der Waals surface area contributed by atoms with Gasteiger partial charge in [-0.05, 0) is 18.6 Å². The summed E-state index contributed by atoms with van der Waals surface area (Å²) in [6, 6.07) is 3.88. The molecular weight excluding hydrogens is 138 g/mol. The van der Waals surface area contributed by atoms with Crippen molar-refractivity contribution in [1.82, 2.24) is 4.98 Å². The molecule has 11 heavy (non-hydrogen) atoms. The summed E-state index contributed by atoms with van der Waals surface area (Å²) >= 11 is 0.